The van der Waals surface area contributed by atoms with Crippen molar-refractivity contribution in [1.29, 1.82) is 0 Å². The number of anilines is 1. The molecule has 0 radical (unpaired) electrons. The SMILES string of the molecule is COCCN1C(=O)CN(C)C(=O)c2c1sc1c2CCN(C(=O)c2ccoc2C)C1. The van der Waals surface area contributed by atoms with Gasteiger partial charge in [0.15, 0.2) is 0 Å². The van der Waals surface area contributed by atoms with Crippen LogP contribution in [0.5, 0.6) is 0 Å². The quantitative estimate of drug-likeness (QED) is 0.759. The topological polar surface area (TPSA) is 83.3 Å². The number of rotatable bonds is 4. The van der Waals surface area contributed by atoms with Crippen LogP contribution >= 0.6 is 11.3 Å². The van der Waals surface area contributed by atoms with Gasteiger partial charge in [-0.15, -0.1) is 11.3 Å². The number of amides is 3. The minimum absolute atomic E-state index is 0.0447. The summed E-state index contributed by atoms with van der Waals surface area (Å²) in [6, 6.07) is 1.68. The normalized spacial score (nSPS) is 16.7. The molecule has 8 nitrogen and oxygen atoms in total. The molecule has 2 aromatic heterocycles. The number of carbonyl (C=O) groups is 3. The first kappa shape index (κ1) is 19.7. The van der Waals surface area contributed by atoms with Gasteiger partial charge < -0.3 is 19.0 Å². The van der Waals surface area contributed by atoms with E-state index in [0.29, 0.717) is 54.6 Å². The Kier molecular flexibility index (Phi) is 5.18. The number of thiophene rings is 1. The van der Waals surface area contributed by atoms with Crippen LogP contribution in [0.1, 0.15) is 36.9 Å². The summed E-state index contributed by atoms with van der Waals surface area (Å²) in [5.74, 6) is 0.241. The fraction of sp³-hybridized carbons (Fsp3) is 0.450. The molecule has 0 aliphatic carbocycles. The molecule has 0 spiro atoms. The van der Waals surface area contributed by atoms with Crippen LogP contribution in [0.3, 0.4) is 0 Å². The number of hydrogen-bond donors (Lipinski definition) is 0. The van der Waals surface area contributed by atoms with Crippen LogP contribution in [-0.4, -0.2) is 67.9 Å². The molecule has 0 fully saturated rings. The van der Waals surface area contributed by atoms with E-state index >= 15 is 0 Å². The van der Waals surface area contributed by atoms with Crippen molar-refractivity contribution in [3.8, 4) is 0 Å². The van der Waals surface area contributed by atoms with Gasteiger partial charge in [0.2, 0.25) is 5.91 Å². The number of hydrogen-bond acceptors (Lipinski definition) is 6. The molecule has 154 valence electrons. The van der Waals surface area contributed by atoms with E-state index in [-0.39, 0.29) is 24.3 Å². The van der Waals surface area contributed by atoms with Crippen molar-refractivity contribution in [1.82, 2.24) is 9.80 Å². The molecule has 0 aromatic carbocycles. The number of likely N-dealkylation sites (N-methyl/N-ethyl adjacent to an activating group) is 1. The molecule has 2 aliphatic heterocycles. The fourth-order valence-corrected chi connectivity index (χ4v) is 5.22. The summed E-state index contributed by atoms with van der Waals surface area (Å²) in [4.78, 5) is 44.5. The summed E-state index contributed by atoms with van der Waals surface area (Å²) in [5.41, 5.74) is 2.10. The number of methoxy groups -OCH3 is 1. The van der Waals surface area contributed by atoms with E-state index in [4.69, 9.17) is 9.15 Å². The third kappa shape index (κ3) is 3.34. The highest BCUT2D eigenvalue weighted by molar-refractivity contribution is 7.17. The lowest BCUT2D eigenvalue weighted by atomic mass is 10.0. The second kappa shape index (κ2) is 7.64. The molecule has 0 unspecified atom stereocenters. The molecule has 2 aliphatic rings. The lowest BCUT2D eigenvalue weighted by molar-refractivity contribution is -0.119. The van der Waals surface area contributed by atoms with E-state index in [1.807, 2.05) is 0 Å². The Morgan fingerprint density at radius 2 is 2.10 bits per heavy atom. The fourth-order valence-electron chi connectivity index (χ4n) is 3.82. The maximum atomic E-state index is 13.0. The summed E-state index contributed by atoms with van der Waals surface area (Å²) in [5, 5.41) is 0.667. The summed E-state index contributed by atoms with van der Waals surface area (Å²) in [6.07, 6.45) is 2.09. The molecule has 0 saturated heterocycles. The predicted octanol–water partition coefficient (Wildman–Crippen LogP) is 1.91. The highest BCUT2D eigenvalue weighted by Gasteiger charge is 2.37. The van der Waals surface area contributed by atoms with Crippen molar-refractivity contribution in [2.24, 2.45) is 0 Å². The van der Waals surface area contributed by atoms with Crippen molar-refractivity contribution in [2.45, 2.75) is 19.9 Å². The lowest BCUT2D eigenvalue weighted by Crippen LogP contribution is -2.39. The van der Waals surface area contributed by atoms with Gasteiger partial charge in [0.05, 0.1) is 37.1 Å². The van der Waals surface area contributed by atoms with Crippen LogP contribution in [0.4, 0.5) is 5.00 Å². The molecule has 0 N–H and O–H groups in total. The Balaban J connectivity index is 1.70. The van der Waals surface area contributed by atoms with Gasteiger partial charge in [-0.05, 0) is 25.0 Å². The van der Waals surface area contributed by atoms with E-state index in [1.165, 1.54) is 22.5 Å². The second-order valence-electron chi connectivity index (χ2n) is 7.25. The summed E-state index contributed by atoms with van der Waals surface area (Å²) in [7, 11) is 3.23. The average molecular weight is 417 g/mol. The number of aryl methyl sites for hydroxylation is 1. The molecule has 4 heterocycles. The van der Waals surface area contributed by atoms with Crippen molar-refractivity contribution in [3.05, 3.63) is 39.7 Å². The number of furan rings is 1. The maximum Gasteiger partial charge on any atom is 0.257 e. The van der Waals surface area contributed by atoms with Gasteiger partial charge in [-0.3, -0.25) is 19.3 Å². The van der Waals surface area contributed by atoms with Crippen LogP contribution in [0, 0.1) is 6.92 Å². The van der Waals surface area contributed by atoms with Gasteiger partial charge >= 0.3 is 0 Å². The molecule has 0 saturated carbocycles. The van der Waals surface area contributed by atoms with Crippen LogP contribution in [0.25, 0.3) is 0 Å². The van der Waals surface area contributed by atoms with Crippen molar-refractivity contribution < 1.29 is 23.5 Å². The zero-order valence-electron chi connectivity index (χ0n) is 16.7. The third-order valence-corrected chi connectivity index (χ3v) is 6.65. The zero-order valence-corrected chi connectivity index (χ0v) is 17.5. The molecule has 29 heavy (non-hydrogen) atoms. The van der Waals surface area contributed by atoms with Crippen LogP contribution in [-0.2, 0) is 22.5 Å². The Morgan fingerprint density at radius 1 is 1.31 bits per heavy atom. The standard InChI is InChI=1S/C20H23N3O5S/c1-12-13(5-8-28-12)18(25)22-6-4-14-15(10-22)29-20-17(14)19(26)21(2)11-16(24)23(20)7-9-27-3/h5,8H,4,6-7,9-11H2,1-3H3. The number of nitrogens with zero attached hydrogens (tertiary/aromatic N) is 3. The van der Waals surface area contributed by atoms with Gasteiger partial charge in [-0.25, -0.2) is 0 Å². The Bertz CT molecular complexity index is 979. The molecule has 4 rings (SSSR count). The van der Waals surface area contributed by atoms with Crippen molar-refractivity contribution in [2.75, 3.05) is 45.3 Å². The van der Waals surface area contributed by atoms with E-state index in [1.54, 1.807) is 36.9 Å². The number of carbonyl (C=O) groups excluding carboxylic acids is 3. The van der Waals surface area contributed by atoms with Gasteiger partial charge in [-0.2, -0.15) is 0 Å². The van der Waals surface area contributed by atoms with Crippen molar-refractivity contribution >= 4 is 34.1 Å². The summed E-state index contributed by atoms with van der Waals surface area (Å²) >= 11 is 1.43. The summed E-state index contributed by atoms with van der Waals surface area (Å²) in [6.45, 7) is 3.52. The van der Waals surface area contributed by atoms with Gasteiger partial charge in [0, 0.05) is 25.6 Å². The minimum Gasteiger partial charge on any atom is -0.469 e. The first-order chi connectivity index (χ1) is 13.9. The van der Waals surface area contributed by atoms with E-state index in [0.717, 1.165) is 10.4 Å². The predicted molar refractivity (Wildman–Crippen MR) is 107 cm³/mol. The first-order valence-corrected chi connectivity index (χ1v) is 10.3. The average Bonchev–Trinajstić information content (AvgIpc) is 3.27. The first-order valence-electron chi connectivity index (χ1n) is 9.45. The summed E-state index contributed by atoms with van der Waals surface area (Å²) < 4.78 is 10.4. The lowest BCUT2D eigenvalue weighted by Gasteiger charge is -2.27. The Hall–Kier alpha value is -2.65. The number of ether oxygens (including phenoxy) is 1. The minimum atomic E-state index is -0.142. The smallest absolute Gasteiger partial charge is 0.257 e. The van der Waals surface area contributed by atoms with E-state index in [9.17, 15) is 14.4 Å². The van der Waals surface area contributed by atoms with Gasteiger partial charge in [0.25, 0.3) is 11.8 Å². The van der Waals surface area contributed by atoms with Gasteiger partial charge in [0.1, 0.15) is 17.3 Å². The Labute approximate surface area is 172 Å². The number of fused-ring (bicyclic) bond motifs is 3. The molecule has 2 aromatic rings. The third-order valence-electron chi connectivity index (χ3n) is 5.41. The maximum absolute atomic E-state index is 13.0. The van der Waals surface area contributed by atoms with Crippen molar-refractivity contribution in [3.63, 3.8) is 0 Å². The molecular formula is C20H23N3O5S. The monoisotopic (exact) mass is 417 g/mol. The van der Waals surface area contributed by atoms with E-state index in [2.05, 4.69) is 0 Å². The molecule has 9 heteroatoms. The Morgan fingerprint density at radius 3 is 2.79 bits per heavy atom. The molecule has 3 amide bonds. The molecule has 0 atom stereocenters. The largest absolute Gasteiger partial charge is 0.469 e. The van der Waals surface area contributed by atoms with Crippen LogP contribution < -0.4 is 4.90 Å². The second-order valence-corrected chi connectivity index (χ2v) is 8.33. The molecule has 0 bridgehead atoms. The van der Waals surface area contributed by atoms with E-state index < -0.39 is 0 Å². The zero-order chi connectivity index (χ0) is 20.7. The highest BCUT2D eigenvalue weighted by Crippen LogP contribution is 2.41. The molecular weight excluding hydrogens is 394 g/mol. The van der Waals surface area contributed by atoms with Gasteiger partial charge in [-0.1, -0.05) is 0 Å². The van der Waals surface area contributed by atoms with Crippen LogP contribution in [0.15, 0.2) is 16.7 Å². The van der Waals surface area contributed by atoms with Crippen LogP contribution in [0.2, 0.25) is 0 Å². The highest BCUT2D eigenvalue weighted by atomic mass is 32.1.